The highest BCUT2D eigenvalue weighted by Gasteiger charge is 2.06. The number of H-pyrrole nitrogens is 1. The van der Waals surface area contributed by atoms with E-state index in [1.54, 1.807) is 11.3 Å². The van der Waals surface area contributed by atoms with Crippen LogP contribution in [-0.2, 0) is 0 Å². The van der Waals surface area contributed by atoms with Gasteiger partial charge in [0.25, 0.3) is 0 Å². The minimum atomic E-state index is 0.555. The van der Waals surface area contributed by atoms with Crippen molar-refractivity contribution in [3.8, 4) is 0 Å². The average molecular weight is 179 g/mol. The summed E-state index contributed by atoms with van der Waals surface area (Å²) in [5, 5.41) is 12.9. The highest BCUT2D eigenvalue weighted by atomic mass is 15.5. The summed E-state index contributed by atoms with van der Waals surface area (Å²) >= 11 is 0. The van der Waals surface area contributed by atoms with Crippen LogP contribution < -0.4 is 5.43 Å². The molecule has 2 rings (SSSR count). The molecule has 13 heavy (non-hydrogen) atoms. The van der Waals surface area contributed by atoms with Crippen LogP contribution in [-0.4, -0.2) is 44.5 Å². The molecule has 7 heteroatoms. The topological polar surface area (TPSA) is 82.6 Å². The number of nitrogens with zero attached hydrogens (tertiary/aromatic N) is 5. The first-order chi connectivity index (χ1) is 6.27. The summed E-state index contributed by atoms with van der Waals surface area (Å²) in [5.74, 6) is 0.618. The lowest BCUT2D eigenvalue weighted by Gasteiger charge is -2.11. The van der Waals surface area contributed by atoms with E-state index in [1.165, 1.54) is 0 Å². The summed E-state index contributed by atoms with van der Waals surface area (Å²) in [7, 11) is 3.73. The van der Waals surface area contributed by atoms with Gasteiger partial charge in [-0.2, -0.15) is 0 Å². The van der Waals surface area contributed by atoms with Crippen molar-refractivity contribution in [2.45, 2.75) is 0 Å². The fraction of sp³-hybridized carbons (Fsp3) is 0.333. The zero-order valence-corrected chi connectivity index (χ0v) is 7.31. The van der Waals surface area contributed by atoms with Crippen LogP contribution in [0, 0.1) is 0 Å². The standard InChI is InChI=1S/C6H9N7/c1-13(2)11-6-4-5(8-3-7-4)9-12-10-6/h3H,1-2H3,(H2,7,8,9,10,11). The SMILES string of the molecule is CN(C)Nc1nnnc2nc[nH]c12. The van der Waals surface area contributed by atoms with Gasteiger partial charge < -0.3 is 10.4 Å². The second kappa shape index (κ2) is 2.94. The molecule has 0 saturated heterocycles. The first-order valence-electron chi connectivity index (χ1n) is 3.74. The number of imidazole rings is 1. The number of fused-ring (bicyclic) bond motifs is 1. The van der Waals surface area contributed by atoms with Gasteiger partial charge in [-0.15, -0.1) is 10.2 Å². The molecule has 0 aromatic carbocycles. The maximum absolute atomic E-state index is 3.96. The number of nitrogens with one attached hydrogen (secondary N) is 2. The van der Waals surface area contributed by atoms with Gasteiger partial charge in [0.15, 0.2) is 5.82 Å². The molecular formula is C6H9N7. The van der Waals surface area contributed by atoms with Crippen molar-refractivity contribution in [3.05, 3.63) is 6.33 Å². The van der Waals surface area contributed by atoms with Gasteiger partial charge in [-0.3, -0.25) is 0 Å². The zero-order valence-electron chi connectivity index (χ0n) is 7.31. The molecule has 0 amide bonds. The van der Waals surface area contributed by atoms with Crippen LogP contribution in [0.3, 0.4) is 0 Å². The molecule has 68 valence electrons. The number of hydrogen-bond acceptors (Lipinski definition) is 6. The number of aromatic nitrogens is 5. The second-order valence-corrected chi connectivity index (χ2v) is 2.75. The first kappa shape index (κ1) is 7.87. The van der Waals surface area contributed by atoms with Crippen molar-refractivity contribution in [2.24, 2.45) is 0 Å². The normalized spacial score (nSPS) is 11.0. The van der Waals surface area contributed by atoms with E-state index >= 15 is 0 Å². The lowest BCUT2D eigenvalue weighted by Crippen LogP contribution is -2.21. The summed E-state index contributed by atoms with van der Waals surface area (Å²) in [5.41, 5.74) is 4.29. The summed E-state index contributed by atoms with van der Waals surface area (Å²) in [6, 6.07) is 0. The molecule has 0 bridgehead atoms. The van der Waals surface area contributed by atoms with Crippen LogP contribution in [0.1, 0.15) is 0 Å². The summed E-state index contributed by atoms with van der Waals surface area (Å²) in [4.78, 5) is 6.89. The summed E-state index contributed by atoms with van der Waals surface area (Å²) in [6.07, 6.45) is 1.56. The molecular weight excluding hydrogens is 170 g/mol. The van der Waals surface area contributed by atoms with E-state index in [1.807, 2.05) is 14.1 Å². The molecule has 0 aliphatic rings. The fourth-order valence-corrected chi connectivity index (χ4v) is 0.987. The van der Waals surface area contributed by atoms with Crippen molar-refractivity contribution in [3.63, 3.8) is 0 Å². The molecule has 0 saturated carbocycles. The molecule has 0 spiro atoms. The van der Waals surface area contributed by atoms with Crippen molar-refractivity contribution in [1.29, 1.82) is 0 Å². The van der Waals surface area contributed by atoms with Crippen LogP contribution >= 0.6 is 0 Å². The molecule has 0 aliphatic carbocycles. The van der Waals surface area contributed by atoms with Gasteiger partial charge in [-0.1, -0.05) is 0 Å². The molecule has 2 heterocycles. The predicted octanol–water partition coefficient (Wildman–Crippen LogP) is -0.364. The van der Waals surface area contributed by atoms with Gasteiger partial charge in [0.2, 0.25) is 5.65 Å². The van der Waals surface area contributed by atoms with E-state index in [2.05, 4.69) is 30.8 Å². The van der Waals surface area contributed by atoms with E-state index in [0.717, 1.165) is 5.52 Å². The Morgan fingerprint density at radius 1 is 1.38 bits per heavy atom. The largest absolute Gasteiger partial charge is 0.340 e. The maximum atomic E-state index is 3.96. The van der Waals surface area contributed by atoms with Crippen LogP contribution in [0.5, 0.6) is 0 Å². The zero-order chi connectivity index (χ0) is 9.26. The highest BCUT2D eigenvalue weighted by molar-refractivity contribution is 5.80. The van der Waals surface area contributed by atoms with E-state index in [9.17, 15) is 0 Å². The third kappa shape index (κ3) is 1.41. The monoisotopic (exact) mass is 179 g/mol. The van der Waals surface area contributed by atoms with Gasteiger partial charge in [-0.05, 0) is 5.21 Å². The van der Waals surface area contributed by atoms with E-state index in [0.29, 0.717) is 11.5 Å². The molecule has 0 unspecified atom stereocenters. The van der Waals surface area contributed by atoms with Gasteiger partial charge in [0.1, 0.15) is 5.52 Å². The van der Waals surface area contributed by atoms with Crippen LogP contribution in [0.4, 0.5) is 5.82 Å². The molecule has 0 radical (unpaired) electrons. The lowest BCUT2D eigenvalue weighted by atomic mass is 10.5. The van der Waals surface area contributed by atoms with Gasteiger partial charge >= 0.3 is 0 Å². The first-order valence-corrected chi connectivity index (χ1v) is 3.74. The Bertz CT molecular complexity index is 406. The van der Waals surface area contributed by atoms with Gasteiger partial charge in [0.05, 0.1) is 6.33 Å². The van der Waals surface area contributed by atoms with E-state index in [4.69, 9.17) is 0 Å². The number of aromatic amines is 1. The Kier molecular flexibility index (Phi) is 1.78. The molecule has 0 aliphatic heterocycles. The molecule has 7 nitrogen and oxygen atoms in total. The Labute approximate surface area is 74.1 Å². The fourth-order valence-electron chi connectivity index (χ4n) is 0.987. The van der Waals surface area contributed by atoms with Gasteiger partial charge in [0, 0.05) is 14.1 Å². The van der Waals surface area contributed by atoms with E-state index < -0.39 is 0 Å². The van der Waals surface area contributed by atoms with Crippen LogP contribution in [0.25, 0.3) is 11.2 Å². The van der Waals surface area contributed by atoms with Gasteiger partial charge in [-0.25, -0.2) is 9.99 Å². The molecule has 0 fully saturated rings. The van der Waals surface area contributed by atoms with E-state index in [-0.39, 0.29) is 0 Å². The Morgan fingerprint density at radius 2 is 2.23 bits per heavy atom. The van der Waals surface area contributed by atoms with Crippen molar-refractivity contribution >= 4 is 17.0 Å². The minimum absolute atomic E-state index is 0.555. The molecule has 2 N–H and O–H groups in total. The van der Waals surface area contributed by atoms with Crippen LogP contribution in [0.2, 0.25) is 0 Å². The van der Waals surface area contributed by atoms with Crippen LogP contribution in [0.15, 0.2) is 6.33 Å². The van der Waals surface area contributed by atoms with Crippen molar-refractivity contribution in [2.75, 3.05) is 19.5 Å². The third-order valence-electron chi connectivity index (χ3n) is 1.47. The number of anilines is 1. The predicted molar refractivity (Wildman–Crippen MR) is 46.8 cm³/mol. The number of rotatable bonds is 2. The smallest absolute Gasteiger partial charge is 0.205 e. The lowest BCUT2D eigenvalue weighted by molar-refractivity contribution is 0.491. The molecule has 2 aromatic rings. The Morgan fingerprint density at radius 3 is 3.00 bits per heavy atom. The van der Waals surface area contributed by atoms with Crippen molar-refractivity contribution < 1.29 is 0 Å². The number of hydrazine groups is 1. The second-order valence-electron chi connectivity index (χ2n) is 2.75. The Balaban J connectivity index is 2.48. The van der Waals surface area contributed by atoms with Crippen molar-refractivity contribution in [1.82, 2.24) is 30.4 Å². The quantitative estimate of drug-likeness (QED) is 0.612. The molecule has 0 atom stereocenters. The average Bonchev–Trinajstić information content (AvgIpc) is 2.51. The molecule has 2 aromatic heterocycles. The minimum Gasteiger partial charge on any atom is -0.340 e. The maximum Gasteiger partial charge on any atom is 0.205 e. The summed E-state index contributed by atoms with van der Waals surface area (Å²) in [6.45, 7) is 0. The third-order valence-corrected chi connectivity index (χ3v) is 1.47. The Hall–Kier alpha value is -1.76. The highest BCUT2D eigenvalue weighted by Crippen LogP contribution is 2.12. The number of hydrogen-bond donors (Lipinski definition) is 2. The summed E-state index contributed by atoms with van der Waals surface area (Å²) < 4.78 is 0.